The molecule has 1 saturated heterocycles. The number of carbonyl (C=O) groups excluding carboxylic acids is 1. The number of amides is 1. The van der Waals surface area contributed by atoms with Crippen molar-refractivity contribution in [3.63, 3.8) is 0 Å². The van der Waals surface area contributed by atoms with Crippen LogP contribution in [0.4, 0.5) is 0 Å². The van der Waals surface area contributed by atoms with E-state index in [1.54, 1.807) is 7.05 Å². The number of ether oxygens (including phenoxy) is 1. The van der Waals surface area contributed by atoms with Crippen LogP contribution in [0, 0.1) is 0 Å². The molecule has 0 unspecified atom stereocenters. The number of hydrogen-bond acceptors (Lipinski definition) is 4. The van der Waals surface area contributed by atoms with Crippen LogP contribution in [-0.2, 0) is 23.1 Å². The Kier molecular flexibility index (Phi) is 3.58. The lowest BCUT2D eigenvalue weighted by Gasteiger charge is -2.22. The molecule has 0 radical (unpaired) electrons. The molecule has 2 rings (SSSR count). The van der Waals surface area contributed by atoms with Gasteiger partial charge in [-0.05, 0) is 12.8 Å². The first kappa shape index (κ1) is 11.8. The van der Waals surface area contributed by atoms with Crippen molar-refractivity contribution in [1.29, 1.82) is 0 Å². The number of hydrogen-bond donors (Lipinski definition) is 1. The van der Waals surface area contributed by atoms with Gasteiger partial charge >= 0.3 is 5.69 Å². The normalized spacial score (nSPS) is 17.0. The maximum atomic E-state index is 11.7. The second-order valence-corrected chi connectivity index (χ2v) is 4.14. The van der Waals surface area contributed by atoms with E-state index in [1.165, 1.54) is 10.9 Å². The first-order chi connectivity index (χ1) is 8.16. The van der Waals surface area contributed by atoms with E-state index in [9.17, 15) is 9.59 Å². The highest BCUT2D eigenvalue weighted by atomic mass is 16.5. The van der Waals surface area contributed by atoms with Crippen molar-refractivity contribution in [2.45, 2.75) is 25.4 Å². The zero-order chi connectivity index (χ0) is 12.3. The lowest BCUT2D eigenvalue weighted by Crippen LogP contribution is -2.42. The average molecular weight is 240 g/mol. The highest BCUT2D eigenvalue weighted by Gasteiger charge is 2.16. The molecule has 1 aliphatic rings. The van der Waals surface area contributed by atoms with Crippen LogP contribution in [-0.4, -0.2) is 39.5 Å². The lowest BCUT2D eigenvalue weighted by molar-refractivity contribution is -0.123. The molecule has 0 bridgehead atoms. The number of aryl methyl sites for hydroxylation is 1. The summed E-state index contributed by atoms with van der Waals surface area (Å²) in [4.78, 5) is 23.1. The van der Waals surface area contributed by atoms with Gasteiger partial charge in [-0.2, -0.15) is 5.10 Å². The summed E-state index contributed by atoms with van der Waals surface area (Å²) in [6.45, 7) is 1.32. The summed E-state index contributed by atoms with van der Waals surface area (Å²) in [6.07, 6.45) is 3.04. The second-order valence-electron chi connectivity index (χ2n) is 4.14. The molecular formula is C10H16N4O3. The van der Waals surface area contributed by atoms with Gasteiger partial charge in [0, 0.05) is 26.3 Å². The van der Waals surface area contributed by atoms with Gasteiger partial charge in [0.2, 0.25) is 5.91 Å². The third-order valence-electron chi connectivity index (χ3n) is 2.77. The number of nitrogens with one attached hydrogen (secondary N) is 1. The standard InChI is InChI=1S/C10H16N4O3/c1-13-7-11-14(10(13)16)6-9(15)12-8-2-4-17-5-3-8/h7-8H,2-6H2,1H3,(H,12,15). The minimum Gasteiger partial charge on any atom is -0.381 e. The third kappa shape index (κ3) is 2.94. The Labute approximate surface area is 98.4 Å². The largest absolute Gasteiger partial charge is 0.381 e. The van der Waals surface area contributed by atoms with Gasteiger partial charge in [-0.25, -0.2) is 9.48 Å². The number of rotatable bonds is 3. The van der Waals surface area contributed by atoms with Crippen LogP contribution < -0.4 is 11.0 Å². The van der Waals surface area contributed by atoms with Gasteiger partial charge in [-0.3, -0.25) is 9.36 Å². The van der Waals surface area contributed by atoms with E-state index in [-0.39, 0.29) is 24.2 Å². The third-order valence-corrected chi connectivity index (χ3v) is 2.77. The van der Waals surface area contributed by atoms with E-state index in [0.29, 0.717) is 13.2 Å². The molecule has 0 atom stereocenters. The summed E-state index contributed by atoms with van der Waals surface area (Å²) in [7, 11) is 1.60. The molecule has 1 aromatic heterocycles. The molecular weight excluding hydrogens is 224 g/mol. The minimum absolute atomic E-state index is 0.0307. The Morgan fingerprint density at radius 3 is 2.88 bits per heavy atom. The summed E-state index contributed by atoms with van der Waals surface area (Å²) < 4.78 is 7.68. The number of nitrogens with zero attached hydrogens (tertiary/aromatic N) is 3. The van der Waals surface area contributed by atoms with E-state index in [1.807, 2.05) is 0 Å². The summed E-state index contributed by atoms with van der Waals surface area (Å²) in [5.41, 5.74) is -0.285. The Morgan fingerprint density at radius 1 is 1.59 bits per heavy atom. The summed E-state index contributed by atoms with van der Waals surface area (Å²) in [6, 6.07) is 0.149. The molecule has 0 spiro atoms. The topological polar surface area (TPSA) is 78.2 Å². The van der Waals surface area contributed by atoms with Crippen molar-refractivity contribution in [2.24, 2.45) is 7.05 Å². The van der Waals surface area contributed by atoms with E-state index < -0.39 is 0 Å². The maximum Gasteiger partial charge on any atom is 0.345 e. The fourth-order valence-corrected chi connectivity index (χ4v) is 1.78. The Hall–Kier alpha value is -1.63. The molecule has 0 saturated carbocycles. The molecule has 7 heteroatoms. The Balaban J connectivity index is 1.88. The molecule has 1 aromatic rings. The lowest BCUT2D eigenvalue weighted by atomic mass is 10.1. The van der Waals surface area contributed by atoms with Crippen molar-refractivity contribution in [3.8, 4) is 0 Å². The molecule has 94 valence electrons. The van der Waals surface area contributed by atoms with Crippen LogP contribution in [0.2, 0.25) is 0 Å². The highest BCUT2D eigenvalue weighted by Crippen LogP contribution is 2.05. The molecule has 0 aromatic carbocycles. The Morgan fingerprint density at radius 2 is 2.29 bits per heavy atom. The van der Waals surface area contributed by atoms with Crippen molar-refractivity contribution < 1.29 is 9.53 Å². The second kappa shape index (κ2) is 5.13. The fraction of sp³-hybridized carbons (Fsp3) is 0.700. The SMILES string of the molecule is Cn1cnn(CC(=O)NC2CCOCC2)c1=O. The first-order valence-corrected chi connectivity index (χ1v) is 5.62. The van der Waals surface area contributed by atoms with E-state index in [2.05, 4.69) is 10.4 Å². The Bertz CT molecular complexity index is 445. The molecule has 0 aliphatic carbocycles. The van der Waals surface area contributed by atoms with Gasteiger partial charge in [0.25, 0.3) is 0 Å². The van der Waals surface area contributed by atoms with Crippen LogP contribution in [0.25, 0.3) is 0 Å². The van der Waals surface area contributed by atoms with Gasteiger partial charge in [-0.1, -0.05) is 0 Å². The molecule has 1 aliphatic heterocycles. The van der Waals surface area contributed by atoms with Gasteiger partial charge in [0.05, 0.1) is 0 Å². The molecule has 1 amide bonds. The van der Waals surface area contributed by atoms with E-state index in [4.69, 9.17) is 4.74 Å². The van der Waals surface area contributed by atoms with Crippen LogP contribution in [0.3, 0.4) is 0 Å². The van der Waals surface area contributed by atoms with Gasteiger partial charge in [0.15, 0.2) is 0 Å². The van der Waals surface area contributed by atoms with E-state index in [0.717, 1.165) is 17.5 Å². The number of carbonyl (C=O) groups is 1. The molecule has 1 N–H and O–H groups in total. The maximum absolute atomic E-state index is 11.7. The predicted octanol–water partition coefficient (Wildman–Crippen LogP) is -1.12. The quantitative estimate of drug-likeness (QED) is 0.725. The van der Waals surface area contributed by atoms with Gasteiger partial charge in [0.1, 0.15) is 12.9 Å². The van der Waals surface area contributed by atoms with Crippen LogP contribution in [0.5, 0.6) is 0 Å². The van der Waals surface area contributed by atoms with Gasteiger partial charge in [-0.15, -0.1) is 0 Å². The smallest absolute Gasteiger partial charge is 0.345 e. The zero-order valence-electron chi connectivity index (χ0n) is 9.76. The van der Waals surface area contributed by atoms with Crippen LogP contribution in [0.15, 0.2) is 11.1 Å². The molecule has 2 heterocycles. The summed E-state index contributed by atoms with van der Waals surface area (Å²) >= 11 is 0. The summed E-state index contributed by atoms with van der Waals surface area (Å²) in [5.74, 6) is -0.183. The molecule has 7 nitrogen and oxygen atoms in total. The predicted molar refractivity (Wildman–Crippen MR) is 59.5 cm³/mol. The zero-order valence-corrected chi connectivity index (χ0v) is 9.76. The first-order valence-electron chi connectivity index (χ1n) is 5.62. The van der Waals surface area contributed by atoms with Crippen molar-refractivity contribution in [1.82, 2.24) is 19.7 Å². The summed E-state index contributed by atoms with van der Waals surface area (Å²) in [5, 5.41) is 6.71. The molecule has 1 fully saturated rings. The fourth-order valence-electron chi connectivity index (χ4n) is 1.78. The highest BCUT2D eigenvalue weighted by molar-refractivity contribution is 5.75. The van der Waals surface area contributed by atoms with Crippen molar-refractivity contribution >= 4 is 5.91 Å². The average Bonchev–Trinajstić information content (AvgIpc) is 2.62. The van der Waals surface area contributed by atoms with Crippen molar-refractivity contribution in [2.75, 3.05) is 13.2 Å². The van der Waals surface area contributed by atoms with Crippen molar-refractivity contribution in [3.05, 3.63) is 16.8 Å². The van der Waals surface area contributed by atoms with E-state index >= 15 is 0 Å². The van der Waals surface area contributed by atoms with Gasteiger partial charge < -0.3 is 10.1 Å². The minimum atomic E-state index is -0.285. The molecule has 17 heavy (non-hydrogen) atoms. The number of aromatic nitrogens is 3. The monoisotopic (exact) mass is 240 g/mol. The van der Waals surface area contributed by atoms with Crippen LogP contribution in [0.1, 0.15) is 12.8 Å². The van der Waals surface area contributed by atoms with Crippen LogP contribution >= 0.6 is 0 Å².